The Bertz CT molecular complexity index is 1130. The molecule has 0 unspecified atom stereocenters. The molecular formula is C24H33N5O5. The van der Waals surface area contributed by atoms with Gasteiger partial charge in [0.2, 0.25) is 5.91 Å². The number of amides is 1. The van der Waals surface area contributed by atoms with Crippen LogP contribution in [0.25, 0.3) is 0 Å². The Labute approximate surface area is 198 Å². The number of aromatic nitrogens is 2. The molecule has 0 saturated carbocycles. The molecule has 3 rings (SSSR count). The minimum absolute atomic E-state index is 0.00415. The van der Waals surface area contributed by atoms with E-state index in [-0.39, 0.29) is 29.9 Å². The zero-order valence-corrected chi connectivity index (χ0v) is 20.0. The van der Waals surface area contributed by atoms with Crippen molar-refractivity contribution in [2.75, 3.05) is 23.7 Å². The number of nitrogens with one attached hydrogen (secondary N) is 1. The highest BCUT2D eigenvalue weighted by Gasteiger charge is 2.26. The number of nitrogen functional groups attached to an aromatic ring is 1. The number of hydrogen-bond donors (Lipinski definition) is 2. The van der Waals surface area contributed by atoms with Gasteiger partial charge >= 0.3 is 5.69 Å². The van der Waals surface area contributed by atoms with Crippen LogP contribution < -0.4 is 21.9 Å². The van der Waals surface area contributed by atoms with E-state index in [1.54, 1.807) is 24.7 Å². The molecule has 0 aromatic carbocycles. The molecule has 0 aliphatic heterocycles. The normalized spacial score (nSPS) is 11.4. The fraction of sp³-hybridized carbons (Fsp3) is 0.458. The first-order valence-electron chi connectivity index (χ1n) is 11.5. The van der Waals surface area contributed by atoms with Crippen LogP contribution in [0, 0.1) is 5.92 Å². The molecule has 10 heteroatoms. The maximum atomic E-state index is 13.6. The molecular weight excluding hydrogens is 438 g/mol. The summed E-state index contributed by atoms with van der Waals surface area (Å²) in [6, 6.07) is 7.24. The van der Waals surface area contributed by atoms with Crippen LogP contribution in [0.3, 0.4) is 0 Å². The van der Waals surface area contributed by atoms with Gasteiger partial charge in [0.25, 0.3) is 5.56 Å². The largest absolute Gasteiger partial charge is 0.468 e. The molecule has 0 bridgehead atoms. The van der Waals surface area contributed by atoms with Crippen molar-refractivity contribution in [1.29, 1.82) is 0 Å². The molecule has 34 heavy (non-hydrogen) atoms. The van der Waals surface area contributed by atoms with Crippen molar-refractivity contribution in [2.24, 2.45) is 5.92 Å². The first-order chi connectivity index (χ1) is 16.3. The molecule has 0 radical (unpaired) electrons. The van der Waals surface area contributed by atoms with Gasteiger partial charge in [-0.05, 0) is 36.6 Å². The summed E-state index contributed by atoms with van der Waals surface area (Å²) in [5, 5.41) is 0. The number of anilines is 2. The Kier molecular flexibility index (Phi) is 8.53. The summed E-state index contributed by atoms with van der Waals surface area (Å²) in [7, 11) is 0. The van der Waals surface area contributed by atoms with Crippen LogP contribution in [-0.2, 0) is 24.4 Å². The first kappa shape index (κ1) is 25.1. The van der Waals surface area contributed by atoms with E-state index in [1.807, 2.05) is 37.8 Å². The van der Waals surface area contributed by atoms with Crippen molar-refractivity contribution < 1.29 is 13.6 Å². The van der Waals surface area contributed by atoms with Crippen LogP contribution in [0.2, 0.25) is 0 Å². The van der Waals surface area contributed by atoms with Crippen LogP contribution in [0.15, 0.2) is 55.2 Å². The van der Waals surface area contributed by atoms with Gasteiger partial charge in [-0.25, -0.2) is 4.79 Å². The zero-order valence-electron chi connectivity index (χ0n) is 20.0. The minimum Gasteiger partial charge on any atom is -0.468 e. The van der Waals surface area contributed by atoms with Crippen LogP contribution in [0.4, 0.5) is 11.5 Å². The summed E-state index contributed by atoms with van der Waals surface area (Å²) in [5.74, 6) is 1.20. The van der Waals surface area contributed by atoms with Gasteiger partial charge in [-0.1, -0.05) is 27.2 Å². The lowest BCUT2D eigenvalue weighted by molar-refractivity contribution is -0.120. The number of carbonyl (C=O) groups excluding carboxylic acids is 1. The second kappa shape index (κ2) is 11.6. The molecule has 3 N–H and O–H groups in total. The van der Waals surface area contributed by atoms with Crippen LogP contribution in [-0.4, -0.2) is 33.4 Å². The van der Waals surface area contributed by atoms with Crippen LogP contribution >= 0.6 is 0 Å². The number of unbranched alkanes of at least 4 members (excludes halogenated alkanes) is 1. The standard InChI is InChI=1S/C24H33N5O5/c1-4-5-10-28(21-22(25)29(13-17(2)3)24(32)26-23(21)31)20(30)16-27(14-18-8-6-11-33-18)15-19-9-7-12-34-19/h6-9,11-12,17H,4-5,10,13-16,25H2,1-3H3,(H,26,31,32). The van der Waals surface area contributed by atoms with Gasteiger partial charge in [-0.3, -0.25) is 24.0 Å². The molecule has 0 fully saturated rings. The molecule has 1 amide bonds. The van der Waals surface area contributed by atoms with E-state index in [4.69, 9.17) is 14.6 Å². The maximum Gasteiger partial charge on any atom is 0.330 e. The topological polar surface area (TPSA) is 131 Å². The lowest BCUT2D eigenvalue weighted by atomic mass is 10.2. The number of rotatable bonds is 12. The number of nitrogens with zero attached hydrogens (tertiary/aromatic N) is 3. The fourth-order valence-corrected chi connectivity index (χ4v) is 3.75. The van der Waals surface area contributed by atoms with E-state index in [0.717, 1.165) is 6.42 Å². The van der Waals surface area contributed by atoms with E-state index < -0.39 is 11.2 Å². The van der Waals surface area contributed by atoms with E-state index in [0.29, 0.717) is 44.1 Å². The Morgan fingerprint density at radius 2 is 1.74 bits per heavy atom. The lowest BCUT2D eigenvalue weighted by Gasteiger charge is -2.28. The molecule has 0 aliphatic carbocycles. The van der Waals surface area contributed by atoms with Gasteiger partial charge in [-0.15, -0.1) is 0 Å². The van der Waals surface area contributed by atoms with Crippen molar-refractivity contribution in [2.45, 2.75) is 53.2 Å². The first-order valence-corrected chi connectivity index (χ1v) is 11.5. The van der Waals surface area contributed by atoms with Crippen molar-refractivity contribution >= 4 is 17.4 Å². The number of nitrogens with two attached hydrogens (primary N) is 1. The molecule has 3 heterocycles. The van der Waals surface area contributed by atoms with E-state index in [9.17, 15) is 14.4 Å². The molecule has 10 nitrogen and oxygen atoms in total. The van der Waals surface area contributed by atoms with Gasteiger partial charge in [0.05, 0.1) is 32.2 Å². The SMILES string of the molecule is CCCCN(C(=O)CN(Cc1ccco1)Cc1ccco1)c1c(N)n(CC(C)C)c(=O)[nH]c1=O. The summed E-state index contributed by atoms with van der Waals surface area (Å²) < 4.78 is 12.3. The third-order valence-corrected chi connectivity index (χ3v) is 5.35. The molecule has 0 aliphatic rings. The Hall–Kier alpha value is -3.53. The highest BCUT2D eigenvalue weighted by Crippen LogP contribution is 2.20. The van der Waals surface area contributed by atoms with E-state index in [2.05, 4.69) is 4.98 Å². The number of aromatic amines is 1. The monoisotopic (exact) mass is 471 g/mol. The molecule has 3 aromatic rings. The molecule has 0 atom stereocenters. The van der Waals surface area contributed by atoms with Crippen LogP contribution in [0.5, 0.6) is 0 Å². The minimum atomic E-state index is -0.671. The molecule has 184 valence electrons. The van der Waals surface area contributed by atoms with Crippen molar-refractivity contribution in [1.82, 2.24) is 14.5 Å². The van der Waals surface area contributed by atoms with Gasteiger partial charge < -0.3 is 19.5 Å². The molecule has 0 saturated heterocycles. The van der Waals surface area contributed by atoms with Gasteiger partial charge in [0.15, 0.2) is 5.69 Å². The number of carbonyl (C=O) groups is 1. The third-order valence-electron chi connectivity index (χ3n) is 5.35. The fourth-order valence-electron chi connectivity index (χ4n) is 3.75. The Balaban J connectivity index is 1.94. The van der Waals surface area contributed by atoms with Gasteiger partial charge in [0.1, 0.15) is 17.3 Å². The molecule has 0 spiro atoms. The predicted molar refractivity (Wildman–Crippen MR) is 129 cm³/mol. The summed E-state index contributed by atoms with van der Waals surface area (Å²) >= 11 is 0. The number of hydrogen-bond acceptors (Lipinski definition) is 7. The van der Waals surface area contributed by atoms with Gasteiger partial charge in [-0.2, -0.15) is 0 Å². The second-order valence-corrected chi connectivity index (χ2v) is 8.70. The summed E-state index contributed by atoms with van der Waals surface area (Å²) in [4.78, 5) is 44.4. The highest BCUT2D eigenvalue weighted by atomic mass is 16.3. The zero-order chi connectivity index (χ0) is 24.7. The number of H-pyrrole nitrogens is 1. The summed E-state index contributed by atoms with van der Waals surface area (Å²) in [6.07, 6.45) is 4.64. The Morgan fingerprint density at radius 1 is 1.12 bits per heavy atom. The molecule has 3 aromatic heterocycles. The average molecular weight is 472 g/mol. The van der Waals surface area contributed by atoms with Crippen molar-refractivity contribution in [3.8, 4) is 0 Å². The third kappa shape index (κ3) is 6.28. The van der Waals surface area contributed by atoms with E-state index >= 15 is 0 Å². The highest BCUT2D eigenvalue weighted by molar-refractivity contribution is 5.96. The summed E-state index contributed by atoms with van der Waals surface area (Å²) in [6.45, 7) is 7.25. The predicted octanol–water partition coefficient (Wildman–Crippen LogP) is 2.80. The maximum absolute atomic E-state index is 13.6. The Morgan fingerprint density at radius 3 is 2.24 bits per heavy atom. The quantitative estimate of drug-likeness (QED) is 0.415. The second-order valence-electron chi connectivity index (χ2n) is 8.70. The summed E-state index contributed by atoms with van der Waals surface area (Å²) in [5.41, 5.74) is 5.05. The lowest BCUT2D eigenvalue weighted by Crippen LogP contribution is -2.45. The number of furan rings is 2. The van der Waals surface area contributed by atoms with Crippen molar-refractivity contribution in [3.63, 3.8) is 0 Å². The average Bonchev–Trinajstić information content (AvgIpc) is 3.47. The van der Waals surface area contributed by atoms with Gasteiger partial charge in [0, 0.05) is 13.1 Å². The smallest absolute Gasteiger partial charge is 0.330 e. The van der Waals surface area contributed by atoms with Crippen LogP contribution in [0.1, 0.15) is 45.1 Å². The van der Waals surface area contributed by atoms with E-state index in [1.165, 1.54) is 9.47 Å². The van der Waals surface area contributed by atoms with Crippen molar-refractivity contribution in [3.05, 3.63) is 69.2 Å².